The highest BCUT2D eigenvalue weighted by molar-refractivity contribution is 5.94. The molecule has 2 aromatic carbocycles. The van der Waals surface area contributed by atoms with E-state index in [-0.39, 0.29) is 11.6 Å². The van der Waals surface area contributed by atoms with Crippen LogP contribution in [0.3, 0.4) is 0 Å². The van der Waals surface area contributed by atoms with Crippen molar-refractivity contribution in [2.24, 2.45) is 10.2 Å². The number of hydrogen-bond acceptors (Lipinski definition) is 4. The molecule has 1 amide bonds. The van der Waals surface area contributed by atoms with E-state index in [1.54, 1.807) is 48.5 Å². The molecule has 0 saturated heterocycles. The summed E-state index contributed by atoms with van der Waals surface area (Å²) < 4.78 is 0. The fourth-order valence-electron chi connectivity index (χ4n) is 2.15. The van der Waals surface area contributed by atoms with E-state index in [9.17, 15) is 15.0 Å². The van der Waals surface area contributed by atoms with E-state index in [0.29, 0.717) is 16.5 Å². The maximum Gasteiger partial charge on any atom is 0.297 e. The second-order valence-corrected chi connectivity index (χ2v) is 4.72. The summed E-state index contributed by atoms with van der Waals surface area (Å²) in [6, 6.07) is 15.6. The van der Waals surface area contributed by atoms with Crippen LogP contribution < -0.4 is 0 Å². The standard InChI is InChI=1S/C16H13N3O3/c20-14(10-6-2-1-3-7-10)16(22)19-18-13-11-8-4-5-9-12(11)17-15(13)21/h1-9,14,17,20-21H/t14-/m0/s1. The Labute approximate surface area is 125 Å². The highest BCUT2D eigenvalue weighted by Crippen LogP contribution is 2.35. The molecule has 0 aliphatic heterocycles. The minimum atomic E-state index is -1.38. The lowest BCUT2D eigenvalue weighted by Crippen LogP contribution is -2.08. The van der Waals surface area contributed by atoms with Crippen LogP contribution in [-0.2, 0) is 4.79 Å². The molecule has 0 aliphatic rings. The molecule has 1 atom stereocenters. The van der Waals surface area contributed by atoms with Gasteiger partial charge < -0.3 is 15.2 Å². The maximum atomic E-state index is 11.9. The van der Waals surface area contributed by atoms with E-state index < -0.39 is 12.0 Å². The SMILES string of the molecule is O=C(N=Nc1c(O)[nH]c2ccccc12)[C@@H](O)c1ccccc1. The van der Waals surface area contributed by atoms with Gasteiger partial charge in [-0.1, -0.05) is 48.5 Å². The molecule has 3 rings (SSSR count). The van der Waals surface area contributed by atoms with Crippen LogP contribution in [0.2, 0.25) is 0 Å². The number of carbonyl (C=O) groups is 1. The molecule has 0 bridgehead atoms. The number of aliphatic hydroxyl groups excluding tert-OH is 1. The normalized spacial score (nSPS) is 12.8. The molecule has 0 saturated carbocycles. The van der Waals surface area contributed by atoms with E-state index in [2.05, 4.69) is 15.2 Å². The number of carbonyl (C=O) groups excluding carboxylic acids is 1. The van der Waals surface area contributed by atoms with E-state index >= 15 is 0 Å². The maximum absolute atomic E-state index is 11.9. The number of fused-ring (bicyclic) bond motifs is 1. The molecule has 6 nitrogen and oxygen atoms in total. The van der Waals surface area contributed by atoms with E-state index in [4.69, 9.17) is 0 Å². The van der Waals surface area contributed by atoms with Crippen molar-refractivity contribution in [3.05, 3.63) is 60.2 Å². The van der Waals surface area contributed by atoms with E-state index in [0.717, 1.165) is 0 Å². The van der Waals surface area contributed by atoms with Crippen LogP contribution in [0.25, 0.3) is 10.9 Å². The molecule has 3 aromatic rings. The Morgan fingerprint density at radius 3 is 2.50 bits per heavy atom. The van der Waals surface area contributed by atoms with Crippen LogP contribution in [0, 0.1) is 0 Å². The third-order valence-electron chi connectivity index (χ3n) is 3.26. The number of aromatic nitrogens is 1. The quantitative estimate of drug-likeness (QED) is 0.647. The number of nitrogens with zero attached hydrogens (tertiary/aromatic N) is 2. The van der Waals surface area contributed by atoms with Crippen LogP contribution in [0.1, 0.15) is 11.7 Å². The minimum absolute atomic E-state index is 0.171. The first-order chi connectivity index (χ1) is 10.7. The van der Waals surface area contributed by atoms with Crippen molar-refractivity contribution in [1.82, 2.24) is 4.98 Å². The molecular formula is C16H13N3O3. The Balaban J connectivity index is 1.87. The number of azo groups is 1. The van der Waals surface area contributed by atoms with Gasteiger partial charge in [0.15, 0.2) is 11.8 Å². The van der Waals surface area contributed by atoms with Gasteiger partial charge in [-0.3, -0.25) is 4.79 Å². The molecule has 0 spiro atoms. The number of aromatic hydroxyl groups is 1. The molecular weight excluding hydrogens is 282 g/mol. The number of rotatable bonds is 3. The Morgan fingerprint density at radius 2 is 1.73 bits per heavy atom. The summed E-state index contributed by atoms with van der Waals surface area (Å²) in [7, 11) is 0. The van der Waals surface area contributed by atoms with Gasteiger partial charge in [-0.15, -0.1) is 10.2 Å². The van der Waals surface area contributed by atoms with Gasteiger partial charge in [0.1, 0.15) is 0 Å². The highest BCUT2D eigenvalue weighted by atomic mass is 16.3. The lowest BCUT2D eigenvalue weighted by atomic mass is 10.1. The van der Waals surface area contributed by atoms with Crippen LogP contribution >= 0.6 is 0 Å². The van der Waals surface area contributed by atoms with Gasteiger partial charge in [-0.05, 0) is 11.6 Å². The summed E-state index contributed by atoms with van der Waals surface area (Å²) in [4.78, 5) is 14.6. The van der Waals surface area contributed by atoms with E-state index in [1.807, 2.05) is 6.07 Å². The van der Waals surface area contributed by atoms with Crippen molar-refractivity contribution in [1.29, 1.82) is 0 Å². The number of aliphatic hydroxyl groups is 1. The first-order valence-corrected chi connectivity index (χ1v) is 6.65. The van der Waals surface area contributed by atoms with E-state index in [1.165, 1.54) is 0 Å². The lowest BCUT2D eigenvalue weighted by Gasteiger charge is -2.04. The molecule has 6 heteroatoms. The number of para-hydroxylation sites is 1. The average Bonchev–Trinajstić information content (AvgIpc) is 2.88. The average molecular weight is 295 g/mol. The predicted molar refractivity (Wildman–Crippen MR) is 80.9 cm³/mol. The van der Waals surface area contributed by atoms with Crippen molar-refractivity contribution < 1.29 is 15.0 Å². The third-order valence-corrected chi connectivity index (χ3v) is 3.26. The summed E-state index contributed by atoms with van der Waals surface area (Å²) >= 11 is 0. The monoisotopic (exact) mass is 295 g/mol. The van der Waals surface area contributed by atoms with Crippen molar-refractivity contribution in [2.45, 2.75) is 6.10 Å². The summed E-state index contributed by atoms with van der Waals surface area (Å²) in [6.45, 7) is 0. The van der Waals surface area contributed by atoms with Crippen molar-refractivity contribution in [2.75, 3.05) is 0 Å². The van der Waals surface area contributed by atoms with Gasteiger partial charge in [0, 0.05) is 5.39 Å². The molecule has 0 unspecified atom stereocenters. The minimum Gasteiger partial charge on any atom is -0.493 e. The first kappa shape index (κ1) is 14.0. The Hall–Kier alpha value is -2.99. The fourth-order valence-corrected chi connectivity index (χ4v) is 2.15. The molecule has 0 radical (unpaired) electrons. The smallest absolute Gasteiger partial charge is 0.297 e. The highest BCUT2D eigenvalue weighted by Gasteiger charge is 2.17. The first-order valence-electron chi connectivity index (χ1n) is 6.65. The summed E-state index contributed by atoms with van der Waals surface area (Å²) in [5, 5.41) is 27.7. The summed E-state index contributed by atoms with van der Waals surface area (Å²) in [5.41, 5.74) is 1.30. The molecule has 1 heterocycles. The Kier molecular flexibility index (Phi) is 3.67. The Morgan fingerprint density at radius 1 is 1.05 bits per heavy atom. The topological polar surface area (TPSA) is 98.0 Å². The van der Waals surface area contributed by atoms with Crippen LogP contribution in [-0.4, -0.2) is 21.1 Å². The molecule has 3 N–H and O–H groups in total. The molecule has 110 valence electrons. The van der Waals surface area contributed by atoms with Crippen molar-refractivity contribution >= 4 is 22.5 Å². The molecule has 1 aromatic heterocycles. The zero-order valence-electron chi connectivity index (χ0n) is 11.5. The largest absolute Gasteiger partial charge is 0.493 e. The van der Waals surface area contributed by atoms with Gasteiger partial charge in [0.25, 0.3) is 5.91 Å². The van der Waals surface area contributed by atoms with Crippen LogP contribution in [0.15, 0.2) is 64.8 Å². The third kappa shape index (κ3) is 2.59. The predicted octanol–water partition coefficient (Wildman–Crippen LogP) is 3.22. The van der Waals surface area contributed by atoms with Crippen LogP contribution in [0.4, 0.5) is 5.69 Å². The zero-order valence-corrected chi connectivity index (χ0v) is 11.5. The van der Waals surface area contributed by atoms with Gasteiger partial charge >= 0.3 is 0 Å². The molecule has 22 heavy (non-hydrogen) atoms. The lowest BCUT2D eigenvalue weighted by molar-refractivity contribution is -0.126. The van der Waals surface area contributed by atoms with Crippen molar-refractivity contribution in [3.63, 3.8) is 0 Å². The second-order valence-electron chi connectivity index (χ2n) is 4.72. The summed E-state index contributed by atoms with van der Waals surface area (Å²) in [6.07, 6.45) is -1.38. The van der Waals surface area contributed by atoms with Gasteiger partial charge in [-0.2, -0.15) is 0 Å². The second kappa shape index (κ2) is 5.79. The number of benzene rings is 2. The van der Waals surface area contributed by atoms with Crippen LogP contribution in [0.5, 0.6) is 5.88 Å². The Bertz CT molecular complexity index is 840. The van der Waals surface area contributed by atoms with Gasteiger partial charge in [0.2, 0.25) is 5.88 Å². The zero-order chi connectivity index (χ0) is 15.5. The number of hydrogen-bond donors (Lipinski definition) is 3. The molecule has 0 fully saturated rings. The number of amides is 1. The van der Waals surface area contributed by atoms with Crippen molar-refractivity contribution in [3.8, 4) is 5.88 Å². The molecule has 0 aliphatic carbocycles. The fraction of sp³-hybridized carbons (Fsp3) is 0.0625. The number of aromatic amines is 1. The van der Waals surface area contributed by atoms with Gasteiger partial charge in [0.05, 0.1) is 5.52 Å². The van der Waals surface area contributed by atoms with Gasteiger partial charge in [-0.25, -0.2) is 0 Å². The number of H-pyrrole nitrogens is 1. The summed E-state index contributed by atoms with van der Waals surface area (Å²) in [5.74, 6) is -0.970. The number of nitrogens with one attached hydrogen (secondary N) is 1.